The van der Waals surface area contributed by atoms with Crippen LogP contribution >= 0.6 is 0 Å². The maximum absolute atomic E-state index is 3.73. The van der Waals surface area contributed by atoms with Gasteiger partial charge in [-0.15, -0.1) is 0 Å². The fraction of sp³-hybridized carbons (Fsp3) is 0.647. The van der Waals surface area contributed by atoms with Crippen LogP contribution in [0.1, 0.15) is 30.5 Å². The third kappa shape index (κ3) is 4.30. The Balaban J connectivity index is 2.02. The molecule has 0 saturated carbocycles. The van der Waals surface area contributed by atoms with Gasteiger partial charge in [0.15, 0.2) is 0 Å². The van der Waals surface area contributed by atoms with Crippen molar-refractivity contribution in [2.24, 2.45) is 0 Å². The SMILES string of the molecule is CCCNC(CN1CCN(C)CC1)c1ccccc1C. The van der Waals surface area contributed by atoms with Gasteiger partial charge in [-0.3, -0.25) is 4.90 Å². The van der Waals surface area contributed by atoms with Crippen LogP contribution in [0.2, 0.25) is 0 Å². The fourth-order valence-electron chi connectivity index (χ4n) is 2.86. The highest BCUT2D eigenvalue weighted by atomic mass is 15.3. The number of rotatable bonds is 6. The Morgan fingerprint density at radius 1 is 1.15 bits per heavy atom. The van der Waals surface area contributed by atoms with Crippen molar-refractivity contribution in [2.75, 3.05) is 46.3 Å². The summed E-state index contributed by atoms with van der Waals surface area (Å²) in [5.74, 6) is 0. The first-order valence-electron chi connectivity index (χ1n) is 7.90. The van der Waals surface area contributed by atoms with Crippen molar-refractivity contribution in [3.05, 3.63) is 35.4 Å². The first-order valence-corrected chi connectivity index (χ1v) is 7.90. The van der Waals surface area contributed by atoms with Gasteiger partial charge in [-0.25, -0.2) is 0 Å². The largest absolute Gasteiger partial charge is 0.309 e. The van der Waals surface area contributed by atoms with Crippen LogP contribution in [0.25, 0.3) is 0 Å². The van der Waals surface area contributed by atoms with Crippen molar-refractivity contribution in [1.29, 1.82) is 0 Å². The molecule has 0 spiro atoms. The number of hydrogen-bond donors (Lipinski definition) is 1. The summed E-state index contributed by atoms with van der Waals surface area (Å²) in [7, 11) is 2.21. The number of nitrogens with zero attached hydrogens (tertiary/aromatic N) is 2. The number of nitrogens with one attached hydrogen (secondary N) is 1. The van der Waals surface area contributed by atoms with Gasteiger partial charge in [-0.1, -0.05) is 31.2 Å². The third-order valence-corrected chi connectivity index (χ3v) is 4.24. The zero-order chi connectivity index (χ0) is 14.4. The Kier molecular flexibility index (Phi) is 6.02. The second-order valence-electron chi connectivity index (χ2n) is 5.97. The van der Waals surface area contributed by atoms with Gasteiger partial charge in [-0.05, 0) is 38.1 Å². The summed E-state index contributed by atoms with van der Waals surface area (Å²) in [6.07, 6.45) is 1.19. The third-order valence-electron chi connectivity index (χ3n) is 4.24. The van der Waals surface area contributed by atoms with E-state index in [2.05, 4.69) is 60.3 Å². The van der Waals surface area contributed by atoms with E-state index in [9.17, 15) is 0 Å². The molecule has 2 rings (SSSR count). The fourth-order valence-corrected chi connectivity index (χ4v) is 2.86. The highest BCUT2D eigenvalue weighted by molar-refractivity contribution is 5.29. The van der Waals surface area contributed by atoms with Crippen LogP contribution < -0.4 is 5.32 Å². The number of piperazine rings is 1. The van der Waals surface area contributed by atoms with E-state index in [0.717, 1.165) is 13.1 Å². The molecule has 1 aliphatic rings. The van der Waals surface area contributed by atoms with Crippen molar-refractivity contribution in [3.8, 4) is 0 Å². The lowest BCUT2D eigenvalue weighted by Gasteiger charge is -2.35. The van der Waals surface area contributed by atoms with Gasteiger partial charge in [0.25, 0.3) is 0 Å². The van der Waals surface area contributed by atoms with Gasteiger partial charge in [0.1, 0.15) is 0 Å². The summed E-state index contributed by atoms with van der Waals surface area (Å²) in [5, 5.41) is 3.73. The van der Waals surface area contributed by atoms with Gasteiger partial charge in [0, 0.05) is 38.8 Å². The van der Waals surface area contributed by atoms with Crippen molar-refractivity contribution in [3.63, 3.8) is 0 Å². The summed E-state index contributed by atoms with van der Waals surface area (Å²) >= 11 is 0. The molecule has 0 aromatic heterocycles. The minimum atomic E-state index is 0.458. The Morgan fingerprint density at radius 3 is 2.50 bits per heavy atom. The Morgan fingerprint density at radius 2 is 1.85 bits per heavy atom. The lowest BCUT2D eigenvalue weighted by molar-refractivity contribution is 0.142. The van der Waals surface area contributed by atoms with Crippen molar-refractivity contribution < 1.29 is 0 Å². The monoisotopic (exact) mass is 275 g/mol. The number of hydrogen-bond acceptors (Lipinski definition) is 3. The highest BCUT2D eigenvalue weighted by Gasteiger charge is 2.20. The molecule has 3 heteroatoms. The number of aryl methyl sites for hydroxylation is 1. The van der Waals surface area contributed by atoms with Crippen LogP contribution in [0.4, 0.5) is 0 Å². The predicted molar refractivity (Wildman–Crippen MR) is 86.2 cm³/mol. The van der Waals surface area contributed by atoms with Crippen molar-refractivity contribution in [1.82, 2.24) is 15.1 Å². The quantitative estimate of drug-likeness (QED) is 0.859. The molecule has 1 aliphatic heterocycles. The first-order chi connectivity index (χ1) is 9.70. The molecule has 1 heterocycles. The van der Waals surface area contributed by atoms with Crippen molar-refractivity contribution >= 4 is 0 Å². The van der Waals surface area contributed by atoms with E-state index < -0.39 is 0 Å². The summed E-state index contributed by atoms with van der Waals surface area (Å²) < 4.78 is 0. The zero-order valence-electron chi connectivity index (χ0n) is 13.2. The van der Waals surface area contributed by atoms with Crippen LogP contribution in [-0.4, -0.2) is 56.1 Å². The Labute approximate surface area is 124 Å². The van der Waals surface area contributed by atoms with E-state index in [-0.39, 0.29) is 0 Å². The van der Waals surface area contributed by atoms with Crippen LogP contribution in [0.5, 0.6) is 0 Å². The smallest absolute Gasteiger partial charge is 0.0451 e. The molecule has 1 fully saturated rings. The minimum absolute atomic E-state index is 0.458. The molecular formula is C17H29N3. The average Bonchev–Trinajstić information content (AvgIpc) is 2.46. The predicted octanol–water partition coefficient (Wildman–Crippen LogP) is 2.28. The Bertz CT molecular complexity index is 397. The van der Waals surface area contributed by atoms with E-state index in [0.29, 0.717) is 6.04 Å². The molecule has 20 heavy (non-hydrogen) atoms. The van der Waals surface area contributed by atoms with E-state index >= 15 is 0 Å². The molecule has 1 saturated heterocycles. The van der Waals surface area contributed by atoms with E-state index in [1.165, 1.54) is 43.7 Å². The minimum Gasteiger partial charge on any atom is -0.309 e. The van der Waals surface area contributed by atoms with Gasteiger partial charge in [0.05, 0.1) is 0 Å². The summed E-state index contributed by atoms with van der Waals surface area (Å²) in [6.45, 7) is 11.4. The zero-order valence-corrected chi connectivity index (χ0v) is 13.2. The van der Waals surface area contributed by atoms with Crippen molar-refractivity contribution in [2.45, 2.75) is 26.3 Å². The molecular weight excluding hydrogens is 246 g/mol. The van der Waals surface area contributed by atoms with E-state index in [1.807, 2.05) is 0 Å². The van der Waals surface area contributed by atoms with E-state index in [1.54, 1.807) is 0 Å². The molecule has 1 atom stereocenters. The standard InChI is InChI=1S/C17H29N3/c1-4-9-18-17(16-8-6-5-7-15(16)2)14-20-12-10-19(3)11-13-20/h5-8,17-18H,4,9-14H2,1-3H3. The second-order valence-corrected chi connectivity index (χ2v) is 5.97. The molecule has 0 aliphatic carbocycles. The molecule has 3 nitrogen and oxygen atoms in total. The first kappa shape index (κ1) is 15.5. The van der Waals surface area contributed by atoms with Gasteiger partial charge in [0.2, 0.25) is 0 Å². The second kappa shape index (κ2) is 7.77. The van der Waals surface area contributed by atoms with E-state index in [4.69, 9.17) is 0 Å². The molecule has 1 N–H and O–H groups in total. The summed E-state index contributed by atoms with van der Waals surface area (Å²) in [6, 6.07) is 9.25. The lowest BCUT2D eigenvalue weighted by atomic mass is 10.0. The number of likely N-dealkylation sites (N-methyl/N-ethyl adjacent to an activating group) is 1. The molecule has 0 bridgehead atoms. The van der Waals surface area contributed by atoms with Gasteiger partial charge < -0.3 is 10.2 Å². The van der Waals surface area contributed by atoms with Crippen LogP contribution in [-0.2, 0) is 0 Å². The molecule has 0 radical (unpaired) electrons. The molecule has 1 aromatic rings. The average molecular weight is 275 g/mol. The summed E-state index contributed by atoms with van der Waals surface area (Å²) in [5.41, 5.74) is 2.86. The Hall–Kier alpha value is -0.900. The molecule has 112 valence electrons. The highest BCUT2D eigenvalue weighted by Crippen LogP contribution is 2.19. The van der Waals surface area contributed by atoms with Gasteiger partial charge in [-0.2, -0.15) is 0 Å². The van der Waals surface area contributed by atoms with Crippen LogP contribution in [0.3, 0.4) is 0 Å². The molecule has 1 aromatic carbocycles. The lowest BCUT2D eigenvalue weighted by Crippen LogP contribution is -2.47. The number of benzene rings is 1. The van der Waals surface area contributed by atoms with Crippen LogP contribution in [0.15, 0.2) is 24.3 Å². The van der Waals surface area contributed by atoms with Gasteiger partial charge >= 0.3 is 0 Å². The van der Waals surface area contributed by atoms with Crippen LogP contribution in [0, 0.1) is 6.92 Å². The maximum atomic E-state index is 3.73. The topological polar surface area (TPSA) is 18.5 Å². The summed E-state index contributed by atoms with van der Waals surface area (Å²) in [4.78, 5) is 5.01. The normalized spacial score (nSPS) is 19.1. The molecule has 0 amide bonds. The molecule has 1 unspecified atom stereocenters. The maximum Gasteiger partial charge on any atom is 0.0451 e.